The summed E-state index contributed by atoms with van der Waals surface area (Å²) < 4.78 is 16.9. The van der Waals surface area contributed by atoms with Crippen molar-refractivity contribution in [3.05, 3.63) is 16.0 Å². The lowest BCUT2D eigenvalue weighted by molar-refractivity contribution is -0.153. The molecule has 1 amide bonds. The third kappa shape index (κ3) is 3.87. The topological polar surface area (TPSA) is 90.9 Å². The van der Waals surface area contributed by atoms with E-state index in [1.807, 2.05) is 13.8 Å². The number of anilines is 1. The van der Waals surface area contributed by atoms with Crippen molar-refractivity contribution in [2.75, 3.05) is 11.9 Å². The highest BCUT2D eigenvalue weighted by atomic mass is 32.1. The van der Waals surface area contributed by atoms with Crippen LogP contribution in [0.4, 0.5) is 5.00 Å². The molecule has 0 aromatic carbocycles. The molecule has 0 bridgehead atoms. The number of thiophene rings is 1. The van der Waals surface area contributed by atoms with Crippen LogP contribution in [-0.4, -0.2) is 35.7 Å². The summed E-state index contributed by atoms with van der Waals surface area (Å²) in [5, 5.41) is 3.44. The lowest BCUT2D eigenvalue weighted by Gasteiger charge is -2.35. The Labute approximate surface area is 180 Å². The van der Waals surface area contributed by atoms with E-state index in [4.69, 9.17) is 14.2 Å². The zero-order valence-electron chi connectivity index (χ0n) is 17.8. The summed E-state index contributed by atoms with van der Waals surface area (Å²) in [7, 11) is 0. The lowest BCUT2D eigenvalue weighted by atomic mass is 9.75. The Balaban J connectivity index is 1.64. The first-order valence-corrected chi connectivity index (χ1v) is 11.5. The number of hydrogen-bond acceptors (Lipinski definition) is 7. The van der Waals surface area contributed by atoms with E-state index < -0.39 is 23.1 Å². The van der Waals surface area contributed by atoms with E-state index in [-0.39, 0.29) is 24.9 Å². The van der Waals surface area contributed by atoms with Gasteiger partial charge in [-0.1, -0.05) is 6.42 Å². The second kappa shape index (κ2) is 7.96. The van der Waals surface area contributed by atoms with Gasteiger partial charge in [-0.15, -0.1) is 11.3 Å². The van der Waals surface area contributed by atoms with Gasteiger partial charge in [0.05, 0.1) is 36.7 Å². The molecule has 30 heavy (non-hydrogen) atoms. The van der Waals surface area contributed by atoms with E-state index in [0.717, 1.165) is 29.7 Å². The highest BCUT2D eigenvalue weighted by Gasteiger charge is 2.53. The average molecular weight is 436 g/mol. The summed E-state index contributed by atoms with van der Waals surface area (Å²) in [6.07, 6.45) is 5.07. The van der Waals surface area contributed by atoms with Crippen LogP contribution in [-0.2, 0) is 36.8 Å². The summed E-state index contributed by atoms with van der Waals surface area (Å²) >= 11 is 1.36. The summed E-state index contributed by atoms with van der Waals surface area (Å²) in [6, 6.07) is 0. The Hall–Kier alpha value is -1.93. The van der Waals surface area contributed by atoms with Gasteiger partial charge in [-0.2, -0.15) is 0 Å². The van der Waals surface area contributed by atoms with E-state index in [9.17, 15) is 14.4 Å². The van der Waals surface area contributed by atoms with Crippen LogP contribution in [0.25, 0.3) is 0 Å². The van der Waals surface area contributed by atoms with E-state index >= 15 is 0 Å². The van der Waals surface area contributed by atoms with E-state index in [2.05, 4.69) is 5.32 Å². The minimum atomic E-state index is -0.703. The number of ether oxygens (including phenoxy) is 3. The summed E-state index contributed by atoms with van der Waals surface area (Å²) in [5.74, 6) is -1.54. The van der Waals surface area contributed by atoms with Crippen molar-refractivity contribution in [2.24, 2.45) is 5.92 Å². The highest BCUT2D eigenvalue weighted by Crippen LogP contribution is 2.46. The van der Waals surface area contributed by atoms with Crippen molar-refractivity contribution in [1.82, 2.24) is 0 Å². The molecule has 3 heterocycles. The Morgan fingerprint density at radius 1 is 1.23 bits per heavy atom. The molecule has 1 unspecified atom stereocenters. The van der Waals surface area contributed by atoms with Gasteiger partial charge in [0.15, 0.2) is 0 Å². The molecule has 1 N–H and O–H groups in total. The van der Waals surface area contributed by atoms with Crippen LogP contribution >= 0.6 is 11.3 Å². The number of hydrogen-bond donors (Lipinski definition) is 1. The van der Waals surface area contributed by atoms with Crippen LogP contribution in [0.1, 0.15) is 80.1 Å². The van der Waals surface area contributed by atoms with Gasteiger partial charge in [0.25, 0.3) is 0 Å². The van der Waals surface area contributed by atoms with Crippen LogP contribution in [0.2, 0.25) is 0 Å². The van der Waals surface area contributed by atoms with Crippen LogP contribution in [0.3, 0.4) is 0 Å². The van der Waals surface area contributed by atoms with Gasteiger partial charge >= 0.3 is 11.9 Å². The normalized spacial score (nSPS) is 24.2. The predicted octanol–water partition coefficient (Wildman–Crippen LogP) is 3.98. The predicted molar refractivity (Wildman–Crippen MR) is 111 cm³/mol. The average Bonchev–Trinajstić information content (AvgIpc) is 3.18. The Morgan fingerprint density at radius 2 is 1.97 bits per heavy atom. The van der Waals surface area contributed by atoms with Gasteiger partial charge in [-0.05, 0) is 52.0 Å². The second-order valence-electron chi connectivity index (χ2n) is 9.00. The maximum Gasteiger partial charge on any atom is 0.341 e. The van der Waals surface area contributed by atoms with Crippen LogP contribution in [0.15, 0.2) is 0 Å². The van der Waals surface area contributed by atoms with Crippen LogP contribution in [0, 0.1) is 5.92 Å². The number of fused-ring (bicyclic) bond motifs is 1. The summed E-state index contributed by atoms with van der Waals surface area (Å²) in [6.45, 7) is 6.37. The standard InChI is InChI=1S/C22H29NO6S/c1-4-27-20(26)17-13-11-21(2,3)28-12-15(13)30-19(17)23-18(25)14-10-16(24)29-22(14)8-6-5-7-9-22/h14H,4-12H2,1-3H3,(H,23,25). The molecule has 1 aliphatic carbocycles. The number of rotatable bonds is 4. The number of amides is 1. The minimum Gasteiger partial charge on any atom is -0.462 e. The lowest BCUT2D eigenvalue weighted by Crippen LogP contribution is -2.43. The molecule has 4 rings (SSSR count). The Bertz CT molecular complexity index is 867. The Morgan fingerprint density at radius 3 is 2.67 bits per heavy atom. The molecule has 2 fully saturated rings. The molecule has 1 saturated heterocycles. The quantitative estimate of drug-likeness (QED) is 0.720. The molecule has 164 valence electrons. The number of carbonyl (C=O) groups is 3. The van der Waals surface area contributed by atoms with Crippen molar-refractivity contribution < 1.29 is 28.6 Å². The second-order valence-corrected chi connectivity index (χ2v) is 10.1. The first-order valence-electron chi connectivity index (χ1n) is 10.7. The van der Waals surface area contributed by atoms with Crippen molar-refractivity contribution >= 4 is 34.2 Å². The maximum absolute atomic E-state index is 13.3. The monoisotopic (exact) mass is 435 g/mol. The van der Waals surface area contributed by atoms with E-state index in [0.29, 0.717) is 36.4 Å². The van der Waals surface area contributed by atoms with Crippen LogP contribution in [0.5, 0.6) is 0 Å². The van der Waals surface area contributed by atoms with Crippen molar-refractivity contribution in [1.29, 1.82) is 0 Å². The molecule has 1 atom stereocenters. The van der Waals surface area contributed by atoms with E-state index in [1.54, 1.807) is 6.92 Å². The van der Waals surface area contributed by atoms with Gasteiger partial charge in [-0.25, -0.2) is 4.79 Å². The van der Waals surface area contributed by atoms with Crippen molar-refractivity contribution in [3.63, 3.8) is 0 Å². The first kappa shape index (κ1) is 21.3. The zero-order valence-corrected chi connectivity index (χ0v) is 18.6. The van der Waals surface area contributed by atoms with Crippen molar-refractivity contribution in [3.8, 4) is 0 Å². The van der Waals surface area contributed by atoms with Crippen LogP contribution < -0.4 is 5.32 Å². The molecule has 8 heteroatoms. The number of esters is 2. The fraction of sp³-hybridized carbons (Fsp3) is 0.682. The molecule has 7 nitrogen and oxygen atoms in total. The minimum absolute atomic E-state index is 0.0851. The summed E-state index contributed by atoms with van der Waals surface area (Å²) in [5.41, 5.74) is 0.209. The molecule has 1 aromatic rings. The molecular weight excluding hydrogens is 406 g/mol. The largest absolute Gasteiger partial charge is 0.462 e. The van der Waals surface area contributed by atoms with Gasteiger partial charge in [-0.3, -0.25) is 9.59 Å². The molecular formula is C22H29NO6S. The zero-order chi connectivity index (χ0) is 21.5. The molecule has 1 aromatic heterocycles. The number of carbonyl (C=O) groups excluding carboxylic acids is 3. The fourth-order valence-corrected chi connectivity index (χ4v) is 6.01. The first-order chi connectivity index (χ1) is 14.2. The van der Waals surface area contributed by atoms with Gasteiger partial charge in [0.2, 0.25) is 5.91 Å². The molecule has 3 aliphatic rings. The SMILES string of the molecule is CCOC(=O)c1c(NC(=O)C2CC(=O)OC23CCCCC3)sc2c1CC(C)(C)OC2. The van der Waals surface area contributed by atoms with E-state index in [1.165, 1.54) is 11.3 Å². The van der Waals surface area contributed by atoms with Gasteiger partial charge < -0.3 is 19.5 Å². The summed E-state index contributed by atoms with van der Waals surface area (Å²) in [4.78, 5) is 39.1. The molecule has 0 radical (unpaired) electrons. The highest BCUT2D eigenvalue weighted by molar-refractivity contribution is 7.17. The molecule has 1 spiro atoms. The molecule has 1 saturated carbocycles. The third-order valence-electron chi connectivity index (χ3n) is 6.34. The maximum atomic E-state index is 13.3. The number of nitrogens with one attached hydrogen (secondary N) is 1. The Kier molecular flexibility index (Phi) is 5.66. The van der Waals surface area contributed by atoms with Crippen molar-refractivity contribution in [2.45, 2.75) is 83.5 Å². The smallest absolute Gasteiger partial charge is 0.341 e. The molecule has 2 aliphatic heterocycles. The third-order valence-corrected chi connectivity index (χ3v) is 7.46. The van der Waals surface area contributed by atoms with Gasteiger partial charge in [0.1, 0.15) is 10.6 Å². The fourth-order valence-electron chi connectivity index (χ4n) is 4.88. The van der Waals surface area contributed by atoms with Gasteiger partial charge in [0, 0.05) is 11.3 Å².